The minimum absolute atomic E-state index is 0.0385. The van der Waals surface area contributed by atoms with Crippen LogP contribution in [0, 0.1) is 0 Å². The molecule has 1 saturated heterocycles. The van der Waals surface area contributed by atoms with Crippen LogP contribution >= 0.6 is 0 Å². The summed E-state index contributed by atoms with van der Waals surface area (Å²) in [5, 5.41) is 0. The molecule has 5 heteroatoms. The van der Waals surface area contributed by atoms with Crippen molar-refractivity contribution in [1.29, 1.82) is 0 Å². The molecule has 0 aliphatic carbocycles. The molecule has 120 valence electrons. The maximum absolute atomic E-state index is 12.4. The molecule has 2 rings (SSSR count). The van der Waals surface area contributed by atoms with E-state index in [1.807, 2.05) is 36.9 Å². The van der Waals surface area contributed by atoms with Crippen LogP contribution in [0.5, 0.6) is 0 Å². The number of rotatable bonds is 4. The molecule has 1 heterocycles. The summed E-state index contributed by atoms with van der Waals surface area (Å²) in [5.74, 6) is -0.0112. The Morgan fingerprint density at radius 2 is 1.68 bits per heavy atom. The lowest BCUT2D eigenvalue weighted by Crippen LogP contribution is -2.52. The lowest BCUT2D eigenvalue weighted by Gasteiger charge is -2.37. The summed E-state index contributed by atoms with van der Waals surface area (Å²) < 4.78 is 0. The van der Waals surface area contributed by atoms with E-state index in [0.29, 0.717) is 13.1 Å². The van der Waals surface area contributed by atoms with Crippen LogP contribution in [0.4, 0.5) is 5.69 Å². The average molecular weight is 303 g/mol. The van der Waals surface area contributed by atoms with Crippen LogP contribution in [0.1, 0.15) is 20.8 Å². The van der Waals surface area contributed by atoms with Gasteiger partial charge in [-0.05, 0) is 26.0 Å². The summed E-state index contributed by atoms with van der Waals surface area (Å²) in [6.45, 7) is 8.63. The minimum Gasteiger partial charge on any atom is -0.368 e. The first-order valence-electron chi connectivity index (χ1n) is 7.84. The monoisotopic (exact) mass is 303 g/mol. The molecule has 0 radical (unpaired) electrons. The van der Waals surface area contributed by atoms with Gasteiger partial charge in [-0.15, -0.1) is 0 Å². The van der Waals surface area contributed by atoms with Gasteiger partial charge in [-0.1, -0.05) is 18.2 Å². The highest BCUT2D eigenvalue weighted by atomic mass is 16.2. The maximum Gasteiger partial charge on any atom is 0.242 e. The van der Waals surface area contributed by atoms with E-state index in [-0.39, 0.29) is 24.4 Å². The van der Waals surface area contributed by atoms with Gasteiger partial charge < -0.3 is 14.7 Å². The highest BCUT2D eigenvalue weighted by molar-refractivity contribution is 5.84. The zero-order chi connectivity index (χ0) is 16.1. The molecule has 0 spiro atoms. The maximum atomic E-state index is 12.4. The first-order chi connectivity index (χ1) is 10.5. The summed E-state index contributed by atoms with van der Waals surface area (Å²) in [6.07, 6.45) is 0. The first kappa shape index (κ1) is 16.3. The predicted octanol–water partition coefficient (Wildman–Crippen LogP) is 1.59. The molecule has 5 nitrogen and oxygen atoms in total. The number of carbonyl (C=O) groups excluding carboxylic acids is 2. The molecule has 0 aromatic heterocycles. The zero-order valence-corrected chi connectivity index (χ0v) is 13.7. The van der Waals surface area contributed by atoms with Gasteiger partial charge in [-0.3, -0.25) is 9.59 Å². The van der Waals surface area contributed by atoms with Crippen molar-refractivity contribution in [3.8, 4) is 0 Å². The van der Waals surface area contributed by atoms with Gasteiger partial charge >= 0.3 is 0 Å². The van der Waals surface area contributed by atoms with E-state index in [1.54, 1.807) is 4.90 Å². The van der Waals surface area contributed by atoms with E-state index < -0.39 is 0 Å². The van der Waals surface area contributed by atoms with Crippen molar-refractivity contribution in [3.63, 3.8) is 0 Å². The molecular formula is C17H25N3O2. The zero-order valence-electron chi connectivity index (χ0n) is 13.7. The molecule has 2 amide bonds. The number of anilines is 1. The molecule has 22 heavy (non-hydrogen) atoms. The third-order valence-corrected chi connectivity index (χ3v) is 4.09. The number of piperazine rings is 1. The number of carbonyl (C=O) groups is 2. The van der Waals surface area contributed by atoms with Gasteiger partial charge in [0.05, 0.1) is 6.54 Å². The number of nitrogens with zero attached hydrogens (tertiary/aromatic N) is 3. The third kappa shape index (κ3) is 4.00. The van der Waals surface area contributed by atoms with E-state index in [1.165, 1.54) is 12.6 Å². The van der Waals surface area contributed by atoms with Crippen LogP contribution in [-0.4, -0.2) is 60.4 Å². The Balaban J connectivity index is 1.88. The van der Waals surface area contributed by atoms with Crippen molar-refractivity contribution < 1.29 is 9.59 Å². The molecule has 0 saturated carbocycles. The summed E-state index contributed by atoms with van der Waals surface area (Å²) in [7, 11) is 0. The number of para-hydroxylation sites is 1. The van der Waals surface area contributed by atoms with Crippen molar-refractivity contribution >= 4 is 17.5 Å². The van der Waals surface area contributed by atoms with Gasteiger partial charge in [-0.2, -0.15) is 0 Å². The summed E-state index contributed by atoms with van der Waals surface area (Å²) in [4.78, 5) is 29.7. The van der Waals surface area contributed by atoms with E-state index >= 15 is 0 Å². The Morgan fingerprint density at radius 1 is 1.09 bits per heavy atom. The fraction of sp³-hybridized carbons (Fsp3) is 0.529. The van der Waals surface area contributed by atoms with Crippen molar-refractivity contribution in [2.24, 2.45) is 0 Å². The van der Waals surface area contributed by atoms with Crippen LogP contribution in [-0.2, 0) is 9.59 Å². The van der Waals surface area contributed by atoms with Crippen molar-refractivity contribution in [2.45, 2.75) is 26.8 Å². The van der Waals surface area contributed by atoms with Crippen molar-refractivity contribution in [1.82, 2.24) is 9.80 Å². The summed E-state index contributed by atoms with van der Waals surface area (Å²) in [5.41, 5.74) is 1.20. The number of benzene rings is 1. The molecule has 0 unspecified atom stereocenters. The van der Waals surface area contributed by atoms with Crippen LogP contribution in [0.3, 0.4) is 0 Å². The fourth-order valence-electron chi connectivity index (χ4n) is 2.76. The Kier molecular flexibility index (Phi) is 5.41. The molecule has 0 atom stereocenters. The average Bonchev–Trinajstić information content (AvgIpc) is 2.52. The second kappa shape index (κ2) is 7.29. The molecule has 1 aliphatic heterocycles. The molecule has 1 fully saturated rings. The molecule has 1 aromatic carbocycles. The predicted molar refractivity (Wildman–Crippen MR) is 87.8 cm³/mol. The van der Waals surface area contributed by atoms with Gasteiger partial charge in [0.15, 0.2) is 0 Å². The van der Waals surface area contributed by atoms with Crippen molar-refractivity contribution in [2.75, 3.05) is 37.6 Å². The smallest absolute Gasteiger partial charge is 0.242 e. The topological polar surface area (TPSA) is 43.9 Å². The second-order valence-corrected chi connectivity index (χ2v) is 5.94. The van der Waals surface area contributed by atoms with E-state index in [9.17, 15) is 9.59 Å². The lowest BCUT2D eigenvalue weighted by molar-refractivity contribution is -0.141. The first-order valence-corrected chi connectivity index (χ1v) is 7.84. The Labute approximate surface area is 132 Å². The van der Waals surface area contributed by atoms with Gasteiger partial charge in [0, 0.05) is 44.8 Å². The largest absolute Gasteiger partial charge is 0.368 e. The van der Waals surface area contributed by atoms with Crippen LogP contribution in [0.2, 0.25) is 0 Å². The molecule has 1 aliphatic rings. The molecule has 0 bridgehead atoms. The number of hydrogen-bond acceptors (Lipinski definition) is 3. The number of amides is 2. The Hall–Kier alpha value is -2.04. The summed E-state index contributed by atoms with van der Waals surface area (Å²) >= 11 is 0. The second-order valence-electron chi connectivity index (χ2n) is 5.94. The van der Waals surface area contributed by atoms with Gasteiger partial charge in [0.2, 0.25) is 11.8 Å². The van der Waals surface area contributed by atoms with Gasteiger partial charge in [-0.25, -0.2) is 0 Å². The minimum atomic E-state index is -0.0497. The highest BCUT2D eigenvalue weighted by Crippen LogP contribution is 2.15. The highest BCUT2D eigenvalue weighted by Gasteiger charge is 2.24. The fourth-order valence-corrected chi connectivity index (χ4v) is 2.76. The van der Waals surface area contributed by atoms with Crippen LogP contribution in [0.15, 0.2) is 30.3 Å². The van der Waals surface area contributed by atoms with E-state index in [0.717, 1.165) is 13.1 Å². The third-order valence-electron chi connectivity index (χ3n) is 4.09. The normalized spacial score (nSPS) is 15.1. The SMILES string of the molecule is CC(=O)N(CC(=O)N1CCN(c2ccccc2)CC1)C(C)C. The summed E-state index contributed by atoms with van der Waals surface area (Å²) in [6, 6.07) is 10.3. The lowest BCUT2D eigenvalue weighted by atomic mass is 10.2. The Morgan fingerprint density at radius 3 is 2.18 bits per heavy atom. The molecule has 1 aromatic rings. The number of hydrogen-bond donors (Lipinski definition) is 0. The van der Waals surface area contributed by atoms with E-state index in [2.05, 4.69) is 17.0 Å². The Bertz CT molecular complexity index is 508. The van der Waals surface area contributed by atoms with Crippen LogP contribution < -0.4 is 4.90 Å². The van der Waals surface area contributed by atoms with Gasteiger partial charge in [0.1, 0.15) is 0 Å². The quantitative estimate of drug-likeness (QED) is 0.848. The molecule has 0 N–H and O–H groups in total. The standard InChI is InChI=1S/C17H25N3O2/c1-14(2)20(15(3)21)13-17(22)19-11-9-18(10-12-19)16-7-5-4-6-8-16/h4-8,14H,9-13H2,1-3H3. The molecular weight excluding hydrogens is 278 g/mol. The van der Waals surface area contributed by atoms with Crippen molar-refractivity contribution in [3.05, 3.63) is 30.3 Å². The van der Waals surface area contributed by atoms with Crippen LogP contribution in [0.25, 0.3) is 0 Å². The van der Waals surface area contributed by atoms with Gasteiger partial charge in [0.25, 0.3) is 0 Å². The van der Waals surface area contributed by atoms with E-state index in [4.69, 9.17) is 0 Å².